The number of rotatable bonds is 4. The molecule has 1 saturated heterocycles. The van der Waals surface area contributed by atoms with Crippen molar-refractivity contribution in [2.45, 2.75) is 29.9 Å². The fourth-order valence-electron chi connectivity index (χ4n) is 1.85. The minimum Gasteiger partial charge on any atom is -0.364 e. The van der Waals surface area contributed by atoms with Crippen molar-refractivity contribution in [2.24, 2.45) is 5.73 Å². The molecule has 8 heteroatoms. The Bertz CT molecular complexity index is 420. The van der Waals surface area contributed by atoms with Gasteiger partial charge in [-0.2, -0.15) is 0 Å². The Morgan fingerprint density at radius 1 is 1.50 bits per heavy atom. The first-order chi connectivity index (χ1) is 8.72. The quantitative estimate of drug-likeness (QED) is 0.821. The van der Waals surface area contributed by atoms with Crippen LogP contribution in [0, 0.1) is 0 Å². The number of carbonyl (C=O) groups is 1. The van der Waals surface area contributed by atoms with Gasteiger partial charge in [0.05, 0.1) is 6.10 Å². The molecule has 2 atom stereocenters. The molecule has 0 unspecified atom stereocenters. The van der Waals surface area contributed by atoms with Gasteiger partial charge in [-0.05, 0) is 31.2 Å². The van der Waals surface area contributed by atoms with Crippen LogP contribution < -0.4 is 11.1 Å². The molecule has 0 spiro atoms. The Balaban J connectivity index is 0.00000180. The first kappa shape index (κ1) is 19.5. The number of halogens is 2. The second-order valence-electron chi connectivity index (χ2n) is 4.13. The van der Waals surface area contributed by atoms with Crippen molar-refractivity contribution in [3.05, 3.63) is 18.3 Å². The minimum atomic E-state index is -0.402. The van der Waals surface area contributed by atoms with Crippen LogP contribution in [-0.4, -0.2) is 35.9 Å². The molecular formula is C12H19Cl2N3O2S. The van der Waals surface area contributed by atoms with E-state index in [0.29, 0.717) is 12.4 Å². The summed E-state index contributed by atoms with van der Waals surface area (Å²) in [6.07, 6.45) is 4.88. The lowest BCUT2D eigenvalue weighted by molar-refractivity contribution is -0.126. The van der Waals surface area contributed by atoms with E-state index in [9.17, 15) is 4.79 Å². The summed E-state index contributed by atoms with van der Waals surface area (Å²) >= 11 is 1.61. The second kappa shape index (κ2) is 9.41. The van der Waals surface area contributed by atoms with Crippen LogP contribution in [0.5, 0.6) is 0 Å². The molecule has 5 nitrogen and oxygen atoms in total. The summed E-state index contributed by atoms with van der Waals surface area (Å²) in [5.74, 6) is 0.410. The number of amides is 1. The average Bonchev–Trinajstić information content (AvgIpc) is 2.88. The monoisotopic (exact) mass is 339 g/mol. The van der Waals surface area contributed by atoms with E-state index in [1.165, 1.54) is 0 Å². The molecule has 0 radical (unpaired) electrons. The number of carbonyl (C=O) groups excluding carboxylic acids is 1. The third kappa shape index (κ3) is 5.10. The standard InChI is InChI=1S/C12H17N3O2S.2ClH/c1-18-9-3-5-11(14-7-9)15-12(16)10-4-2-8(6-13)17-10;;/h3,5,7-8,10H,2,4,6,13H2,1H3,(H,14,15,16);2*1H/t8-,10+;;/m1../s1. The smallest absolute Gasteiger partial charge is 0.254 e. The normalized spacial score (nSPS) is 20.7. The van der Waals surface area contributed by atoms with Gasteiger partial charge in [0, 0.05) is 17.6 Å². The lowest BCUT2D eigenvalue weighted by atomic mass is 10.2. The van der Waals surface area contributed by atoms with Crippen LogP contribution in [0.1, 0.15) is 12.8 Å². The Morgan fingerprint density at radius 3 is 2.75 bits per heavy atom. The molecule has 0 aromatic carbocycles. The van der Waals surface area contributed by atoms with E-state index in [2.05, 4.69) is 10.3 Å². The lowest BCUT2D eigenvalue weighted by Gasteiger charge is -2.12. The molecule has 1 fully saturated rings. The maximum atomic E-state index is 11.9. The van der Waals surface area contributed by atoms with E-state index in [1.54, 1.807) is 24.0 Å². The molecule has 1 amide bonds. The summed E-state index contributed by atoms with van der Waals surface area (Å²) in [7, 11) is 0. The molecule has 1 aromatic heterocycles. The van der Waals surface area contributed by atoms with Gasteiger partial charge < -0.3 is 15.8 Å². The molecule has 1 aliphatic heterocycles. The van der Waals surface area contributed by atoms with Crippen molar-refractivity contribution in [1.29, 1.82) is 0 Å². The molecule has 2 rings (SSSR count). The zero-order valence-corrected chi connectivity index (χ0v) is 13.5. The van der Waals surface area contributed by atoms with Crippen molar-refractivity contribution in [3.63, 3.8) is 0 Å². The van der Waals surface area contributed by atoms with Crippen molar-refractivity contribution >= 4 is 48.3 Å². The molecule has 2 heterocycles. The number of ether oxygens (including phenoxy) is 1. The van der Waals surface area contributed by atoms with Crippen molar-refractivity contribution in [1.82, 2.24) is 4.98 Å². The number of aromatic nitrogens is 1. The summed E-state index contributed by atoms with van der Waals surface area (Å²) in [6, 6.07) is 3.71. The molecular weight excluding hydrogens is 321 g/mol. The molecule has 0 aliphatic carbocycles. The van der Waals surface area contributed by atoms with Gasteiger partial charge in [0.25, 0.3) is 5.91 Å². The highest BCUT2D eigenvalue weighted by atomic mass is 35.5. The van der Waals surface area contributed by atoms with E-state index >= 15 is 0 Å². The van der Waals surface area contributed by atoms with E-state index in [-0.39, 0.29) is 36.8 Å². The number of pyridine rings is 1. The third-order valence-corrected chi connectivity index (χ3v) is 3.60. The Kier molecular flexibility index (Phi) is 9.16. The van der Waals surface area contributed by atoms with E-state index < -0.39 is 6.10 Å². The van der Waals surface area contributed by atoms with E-state index in [0.717, 1.165) is 17.7 Å². The molecule has 1 aliphatic rings. The highest BCUT2D eigenvalue weighted by Gasteiger charge is 2.29. The molecule has 0 bridgehead atoms. The first-order valence-corrected chi connectivity index (χ1v) is 7.12. The Morgan fingerprint density at radius 2 is 2.25 bits per heavy atom. The fraction of sp³-hybridized carbons (Fsp3) is 0.500. The van der Waals surface area contributed by atoms with Gasteiger partial charge in [0.1, 0.15) is 11.9 Å². The predicted molar refractivity (Wildman–Crippen MR) is 86.1 cm³/mol. The average molecular weight is 340 g/mol. The van der Waals surface area contributed by atoms with Crippen molar-refractivity contribution in [2.75, 3.05) is 18.1 Å². The number of anilines is 1. The van der Waals surface area contributed by atoms with Crippen LogP contribution in [0.3, 0.4) is 0 Å². The number of nitrogens with two attached hydrogens (primary N) is 1. The van der Waals surface area contributed by atoms with Gasteiger partial charge in [0.2, 0.25) is 0 Å². The molecule has 20 heavy (non-hydrogen) atoms. The van der Waals surface area contributed by atoms with Crippen LogP contribution in [0.4, 0.5) is 5.82 Å². The Hall–Kier alpha value is -0.530. The minimum absolute atomic E-state index is 0. The predicted octanol–water partition coefficient (Wildman–Crippen LogP) is 2.09. The number of hydrogen-bond donors (Lipinski definition) is 2. The zero-order valence-electron chi connectivity index (χ0n) is 11.1. The van der Waals surface area contributed by atoms with Gasteiger partial charge in [-0.1, -0.05) is 0 Å². The van der Waals surface area contributed by atoms with Crippen LogP contribution in [0.2, 0.25) is 0 Å². The molecule has 0 saturated carbocycles. The second-order valence-corrected chi connectivity index (χ2v) is 5.01. The zero-order chi connectivity index (χ0) is 13.0. The van der Waals surface area contributed by atoms with E-state index in [1.807, 2.05) is 12.3 Å². The molecule has 114 valence electrons. The van der Waals surface area contributed by atoms with Crippen LogP contribution >= 0.6 is 36.6 Å². The van der Waals surface area contributed by atoms with Crippen LogP contribution in [0.15, 0.2) is 23.2 Å². The summed E-state index contributed by atoms with van der Waals surface area (Å²) in [5, 5.41) is 2.75. The fourth-order valence-corrected chi connectivity index (χ4v) is 2.22. The maximum Gasteiger partial charge on any atom is 0.254 e. The van der Waals surface area contributed by atoms with Gasteiger partial charge in [-0.3, -0.25) is 4.79 Å². The maximum absolute atomic E-state index is 11.9. The third-order valence-electron chi connectivity index (χ3n) is 2.89. The summed E-state index contributed by atoms with van der Waals surface area (Å²) in [4.78, 5) is 17.1. The lowest BCUT2D eigenvalue weighted by Crippen LogP contribution is -2.30. The van der Waals surface area contributed by atoms with Crippen LogP contribution in [-0.2, 0) is 9.53 Å². The van der Waals surface area contributed by atoms with Crippen molar-refractivity contribution < 1.29 is 9.53 Å². The largest absolute Gasteiger partial charge is 0.364 e. The van der Waals surface area contributed by atoms with Gasteiger partial charge in [-0.25, -0.2) is 4.98 Å². The topological polar surface area (TPSA) is 77.2 Å². The summed E-state index contributed by atoms with van der Waals surface area (Å²) < 4.78 is 5.52. The van der Waals surface area contributed by atoms with Gasteiger partial charge in [0.15, 0.2) is 0 Å². The Labute approximate surface area is 135 Å². The highest BCUT2D eigenvalue weighted by Crippen LogP contribution is 2.20. The number of nitrogens with zero attached hydrogens (tertiary/aromatic N) is 1. The van der Waals surface area contributed by atoms with Gasteiger partial charge in [-0.15, -0.1) is 36.6 Å². The number of thioether (sulfide) groups is 1. The number of nitrogens with one attached hydrogen (secondary N) is 1. The molecule has 1 aromatic rings. The highest BCUT2D eigenvalue weighted by molar-refractivity contribution is 7.98. The molecule has 3 N–H and O–H groups in total. The van der Waals surface area contributed by atoms with Crippen LogP contribution in [0.25, 0.3) is 0 Å². The summed E-state index contributed by atoms with van der Waals surface area (Å²) in [5.41, 5.74) is 5.51. The first-order valence-electron chi connectivity index (χ1n) is 5.89. The number of hydrogen-bond acceptors (Lipinski definition) is 5. The van der Waals surface area contributed by atoms with Gasteiger partial charge >= 0.3 is 0 Å². The summed E-state index contributed by atoms with van der Waals surface area (Å²) in [6.45, 7) is 0.463. The van der Waals surface area contributed by atoms with Crippen molar-refractivity contribution in [3.8, 4) is 0 Å². The van der Waals surface area contributed by atoms with E-state index in [4.69, 9.17) is 10.5 Å². The SMILES string of the molecule is CSc1ccc(NC(=O)[C@@H]2CC[C@H](CN)O2)nc1.Cl.Cl.